The van der Waals surface area contributed by atoms with E-state index in [1.165, 1.54) is 5.56 Å². The van der Waals surface area contributed by atoms with Gasteiger partial charge in [-0.15, -0.1) is 5.10 Å². The Hall–Kier alpha value is -1.64. The number of hydrogen-bond donors (Lipinski definition) is 0. The van der Waals surface area contributed by atoms with Gasteiger partial charge in [0.25, 0.3) is 0 Å². The first kappa shape index (κ1) is 7.03. The van der Waals surface area contributed by atoms with Gasteiger partial charge in [0.05, 0.1) is 0 Å². The van der Waals surface area contributed by atoms with Crippen LogP contribution in [-0.2, 0) is 6.42 Å². The summed E-state index contributed by atoms with van der Waals surface area (Å²) < 4.78 is 4.82. The van der Waals surface area contributed by atoms with Gasteiger partial charge in [-0.05, 0) is 5.56 Å². The van der Waals surface area contributed by atoms with Gasteiger partial charge in [0.15, 0.2) is 12.0 Å². The van der Waals surface area contributed by atoms with Gasteiger partial charge in [0.2, 0.25) is 0 Å². The molecule has 0 bridgehead atoms. The molecule has 0 spiro atoms. The zero-order chi connectivity index (χ0) is 8.23. The molecule has 3 nitrogen and oxygen atoms in total. The molecular formula is C9H7N2O. The predicted octanol–water partition coefficient (Wildman–Crippen LogP) is 1.46. The molecule has 2 rings (SSSR count). The SMILES string of the molecule is [c]1nnoc1Cc1ccccc1. The highest BCUT2D eigenvalue weighted by Gasteiger charge is 1.99. The van der Waals surface area contributed by atoms with Gasteiger partial charge >= 0.3 is 0 Å². The van der Waals surface area contributed by atoms with Crippen LogP contribution in [0.3, 0.4) is 0 Å². The van der Waals surface area contributed by atoms with Gasteiger partial charge in [-0.1, -0.05) is 30.3 Å². The molecule has 3 heteroatoms. The van der Waals surface area contributed by atoms with E-state index in [2.05, 4.69) is 16.6 Å². The highest BCUT2D eigenvalue weighted by Crippen LogP contribution is 2.05. The molecule has 1 heterocycles. The van der Waals surface area contributed by atoms with Gasteiger partial charge in [-0.25, -0.2) is 0 Å². The summed E-state index contributed by atoms with van der Waals surface area (Å²) in [5, 5.41) is 6.81. The van der Waals surface area contributed by atoms with Crippen LogP contribution in [0.25, 0.3) is 0 Å². The lowest BCUT2D eigenvalue weighted by Gasteiger charge is -1.93. The van der Waals surface area contributed by atoms with Crippen molar-refractivity contribution in [2.24, 2.45) is 0 Å². The molecule has 0 N–H and O–H groups in total. The van der Waals surface area contributed by atoms with Crippen molar-refractivity contribution >= 4 is 0 Å². The van der Waals surface area contributed by atoms with E-state index in [1.807, 2.05) is 30.3 Å². The molecule has 0 atom stereocenters. The number of aromatic nitrogens is 2. The third-order valence-electron chi connectivity index (χ3n) is 1.57. The lowest BCUT2D eigenvalue weighted by atomic mass is 10.1. The van der Waals surface area contributed by atoms with Crippen molar-refractivity contribution in [3.05, 3.63) is 47.9 Å². The van der Waals surface area contributed by atoms with Gasteiger partial charge in [0, 0.05) is 11.7 Å². The third kappa shape index (κ3) is 1.50. The van der Waals surface area contributed by atoms with Crippen LogP contribution >= 0.6 is 0 Å². The summed E-state index contributed by atoms with van der Waals surface area (Å²) in [6, 6.07) is 10.00. The molecule has 0 saturated heterocycles. The van der Waals surface area contributed by atoms with Crippen molar-refractivity contribution in [3.63, 3.8) is 0 Å². The summed E-state index contributed by atoms with van der Waals surface area (Å²) in [6.07, 6.45) is 3.36. The van der Waals surface area contributed by atoms with Crippen LogP contribution in [0.1, 0.15) is 11.3 Å². The fourth-order valence-corrected chi connectivity index (χ4v) is 1.02. The van der Waals surface area contributed by atoms with Crippen molar-refractivity contribution in [2.75, 3.05) is 0 Å². The molecule has 1 radical (unpaired) electrons. The monoisotopic (exact) mass is 159 g/mol. The Morgan fingerprint density at radius 1 is 1.25 bits per heavy atom. The van der Waals surface area contributed by atoms with Crippen LogP contribution in [0, 0.1) is 6.20 Å². The summed E-state index contributed by atoms with van der Waals surface area (Å²) in [4.78, 5) is 0. The summed E-state index contributed by atoms with van der Waals surface area (Å²) in [5.41, 5.74) is 1.17. The molecule has 0 aliphatic carbocycles. The Bertz CT molecular complexity index is 329. The number of nitrogens with zero attached hydrogens (tertiary/aromatic N) is 2. The second kappa shape index (κ2) is 3.17. The molecule has 0 aliphatic heterocycles. The predicted molar refractivity (Wildman–Crippen MR) is 42.4 cm³/mol. The Balaban J connectivity index is 2.15. The molecule has 0 saturated carbocycles. The van der Waals surface area contributed by atoms with E-state index in [4.69, 9.17) is 4.52 Å². The van der Waals surface area contributed by atoms with Crippen LogP contribution in [0.15, 0.2) is 34.9 Å². The second-order valence-electron chi connectivity index (χ2n) is 2.47. The first-order valence-electron chi connectivity index (χ1n) is 3.68. The van der Waals surface area contributed by atoms with Crippen molar-refractivity contribution < 1.29 is 4.52 Å². The zero-order valence-corrected chi connectivity index (χ0v) is 6.40. The van der Waals surface area contributed by atoms with E-state index in [1.54, 1.807) is 0 Å². The largest absolute Gasteiger partial charge is 0.341 e. The molecule has 0 fully saturated rings. The molecule has 0 amide bonds. The van der Waals surface area contributed by atoms with Crippen molar-refractivity contribution in [1.29, 1.82) is 0 Å². The first-order valence-corrected chi connectivity index (χ1v) is 3.68. The Morgan fingerprint density at radius 3 is 2.75 bits per heavy atom. The quantitative estimate of drug-likeness (QED) is 0.665. The van der Waals surface area contributed by atoms with E-state index >= 15 is 0 Å². The van der Waals surface area contributed by atoms with Gasteiger partial charge in [-0.3, -0.25) is 0 Å². The van der Waals surface area contributed by atoms with E-state index < -0.39 is 0 Å². The minimum absolute atomic E-state index is 0.668. The average Bonchev–Trinajstić information content (AvgIpc) is 2.59. The van der Waals surface area contributed by atoms with Crippen LogP contribution in [0.4, 0.5) is 0 Å². The molecular weight excluding hydrogens is 152 g/mol. The summed E-state index contributed by atoms with van der Waals surface area (Å²) in [6.45, 7) is 0. The molecule has 1 aromatic heterocycles. The zero-order valence-electron chi connectivity index (χ0n) is 6.40. The van der Waals surface area contributed by atoms with Gasteiger partial charge in [0.1, 0.15) is 0 Å². The maximum absolute atomic E-state index is 4.82. The van der Waals surface area contributed by atoms with E-state index in [9.17, 15) is 0 Å². The van der Waals surface area contributed by atoms with E-state index in [0.29, 0.717) is 12.2 Å². The Labute approximate surface area is 70.0 Å². The van der Waals surface area contributed by atoms with E-state index in [0.717, 1.165) is 0 Å². The van der Waals surface area contributed by atoms with Crippen molar-refractivity contribution in [1.82, 2.24) is 10.4 Å². The van der Waals surface area contributed by atoms with Crippen LogP contribution in [-0.4, -0.2) is 10.4 Å². The van der Waals surface area contributed by atoms with Crippen molar-refractivity contribution in [3.8, 4) is 0 Å². The fourth-order valence-electron chi connectivity index (χ4n) is 1.02. The van der Waals surface area contributed by atoms with Gasteiger partial charge < -0.3 is 4.52 Å². The smallest absolute Gasteiger partial charge is 0.171 e. The maximum Gasteiger partial charge on any atom is 0.171 e. The Kier molecular flexibility index (Phi) is 1.86. The van der Waals surface area contributed by atoms with Gasteiger partial charge in [-0.2, -0.15) is 0 Å². The topological polar surface area (TPSA) is 38.9 Å². The molecule has 0 unspecified atom stereocenters. The van der Waals surface area contributed by atoms with Crippen LogP contribution < -0.4 is 0 Å². The molecule has 1 aromatic carbocycles. The molecule has 0 aliphatic rings. The second-order valence-corrected chi connectivity index (χ2v) is 2.47. The molecule has 59 valence electrons. The van der Waals surface area contributed by atoms with Crippen LogP contribution in [0.2, 0.25) is 0 Å². The maximum atomic E-state index is 4.82. The van der Waals surface area contributed by atoms with E-state index in [-0.39, 0.29) is 0 Å². The third-order valence-corrected chi connectivity index (χ3v) is 1.57. The minimum Gasteiger partial charge on any atom is -0.341 e. The number of rotatable bonds is 2. The minimum atomic E-state index is 0.668. The number of benzene rings is 1. The summed E-state index contributed by atoms with van der Waals surface area (Å²) in [7, 11) is 0. The first-order chi connectivity index (χ1) is 5.95. The molecule has 12 heavy (non-hydrogen) atoms. The highest BCUT2D eigenvalue weighted by atomic mass is 16.5. The standard InChI is InChI=1S/C9H7N2O/c1-2-4-8(5-3-1)6-9-7-10-11-12-9/h1-5H,6H2. The fraction of sp³-hybridized carbons (Fsp3) is 0.111. The van der Waals surface area contributed by atoms with Crippen LogP contribution in [0.5, 0.6) is 0 Å². The lowest BCUT2D eigenvalue weighted by molar-refractivity contribution is 0.367. The Morgan fingerprint density at radius 2 is 2.08 bits per heavy atom. The lowest BCUT2D eigenvalue weighted by Crippen LogP contribution is -1.83. The normalized spacial score (nSPS) is 10.0. The summed E-state index contributed by atoms with van der Waals surface area (Å²) in [5.74, 6) is 0.668. The number of hydrogen-bond acceptors (Lipinski definition) is 3. The average molecular weight is 159 g/mol. The summed E-state index contributed by atoms with van der Waals surface area (Å²) >= 11 is 0. The highest BCUT2D eigenvalue weighted by molar-refractivity contribution is 5.18. The van der Waals surface area contributed by atoms with Crippen molar-refractivity contribution in [2.45, 2.75) is 6.42 Å². The molecule has 2 aromatic rings.